The van der Waals surface area contributed by atoms with Crippen LogP contribution in [0.3, 0.4) is 0 Å². The van der Waals surface area contributed by atoms with Crippen molar-refractivity contribution in [2.45, 2.75) is 18.9 Å². The molecule has 1 aromatic heterocycles. The molecular formula is C11H13N5O. The molecule has 0 spiro atoms. The van der Waals surface area contributed by atoms with Crippen LogP contribution in [0.5, 0.6) is 0 Å². The molecule has 0 bridgehead atoms. The van der Waals surface area contributed by atoms with Gasteiger partial charge >= 0.3 is 0 Å². The van der Waals surface area contributed by atoms with Crippen molar-refractivity contribution in [2.24, 2.45) is 5.73 Å². The van der Waals surface area contributed by atoms with Crippen LogP contribution in [0.4, 0.5) is 11.5 Å². The van der Waals surface area contributed by atoms with Gasteiger partial charge in [0.05, 0.1) is 11.3 Å². The number of amides is 1. The number of primary amides is 1. The Bertz CT molecular complexity index is 493. The van der Waals surface area contributed by atoms with Gasteiger partial charge in [0.2, 0.25) is 5.91 Å². The smallest absolute Gasteiger partial charge is 0.240 e. The van der Waals surface area contributed by atoms with E-state index >= 15 is 0 Å². The van der Waals surface area contributed by atoms with Gasteiger partial charge in [0, 0.05) is 12.7 Å². The number of nitrogens with zero attached hydrogens (tertiary/aromatic N) is 3. The summed E-state index contributed by atoms with van der Waals surface area (Å²) in [5.74, 6) is 0.0939. The van der Waals surface area contributed by atoms with Crippen LogP contribution in [-0.2, 0) is 4.79 Å². The molecule has 1 amide bonds. The third-order valence-corrected chi connectivity index (χ3v) is 2.94. The number of nitrogens with two attached hydrogens (primary N) is 2. The maximum Gasteiger partial charge on any atom is 0.240 e. The van der Waals surface area contributed by atoms with E-state index in [4.69, 9.17) is 16.7 Å². The molecule has 1 atom stereocenters. The second kappa shape index (κ2) is 4.29. The lowest BCUT2D eigenvalue weighted by Gasteiger charge is -2.24. The second-order valence-electron chi connectivity index (χ2n) is 3.96. The maximum atomic E-state index is 11.3. The Labute approximate surface area is 98.8 Å². The highest BCUT2D eigenvalue weighted by Gasteiger charge is 2.31. The van der Waals surface area contributed by atoms with Gasteiger partial charge < -0.3 is 16.4 Å². The first-order valence-corrected chi connectivity index (χ1v) is 5.35. The van der Waals surface area contributed by atoms with Crippen molar-refractivity contribution >= 4 is 17.4 Å². The number of hydrogen-bond donors (Lipinski definition) is 2. The van der Waals surface area contributed by atoms with Crippen molar-refractivity contribution in [2.75, 3.05) is 17.2 Å². The number of hydrogen-bond acceptors (Lipinski definition) is 5. The zero-order chi connectivity index (χ0) is 12.4. The quantitative estimate of drug-likeness (QED) is 0.744. The summed E-state index contributed by atoms with van der Waals surface area (Å²) in [6.07, 6.45) is 3.08. The first-order valence-electron chi connectivity index (χ1n) is 5.35. The van der Waals surface area contributed by atoms with E-state index in [0.717, 1.165) is 6.42 Å². The Kier molecular flexibility index (Phi) is 2.83. The molecule has 1 unspecified atom stereocenters. The van der Waals surface area contributed by atoms with Gasteiger partial charge in [-0.05, 0) is 18.9 Å². The predicted octanol–water partition coefficient (Wildman–Crippen LogP) is -0.0104. The molecule has 2 heterocycles. The van der Waals surface area contributed by atoms with Crippen molar-refractivity contribution < 1.29 is 4.79 Å². The molecule has 0 saturated carbocycles. The Morgan fingerprint density at radius 3 is 3.06 bits per heavy atom. The van der Waals surface area contributed by atoms with E-state index in [9.17, 15) is 4.79 Å². The van der Waals surface area contributed by atoms with Crippen molar-refractivity contribution in [3.05, 3.63) is 17.8 Å². The SMILES string of the molecule is N#Cc1ccnc(N2CCCC2C(N)=O)c1N. The van der Waals surface area contributed by atoms with Gasteiger partial charge in [0.15, 0.2) is 5.82 Å². The molecule has 17 heavy (non-hydrogen) atoms. The largest absolute Gasteiger partial charge is 0.395 e. The lowest BCUT2D eigenvalue weighted by Crippen LogP contribution is -2.41. The topological polar surface area (TPSA) is 109 Å². The molecule has 6 nitrogen and oxygen atoms in total. The number of nitrogen functional groups attached to an aromatic ring is 1. The van der Waals surface area contributed by atoms with Crippen molar-refractivity contribution in [3.63, 3.8) is 0 Å². The second-order valence-corrected chi connectivity index (χ2v) is 3.96. The molecule has 4 N–H and O–H groups in total. The third kappa shape index (κ3) is 1.87. The van der Waals surface area contributed by atoms with Gasteiger partial charge in [-0.3, -0.25) is 4.79 Å². The number of carbonyl (C=O) groups is 1. The zero-order valence-electron chi connectivity index (χ0n) is 9.26. The molecule has 6 heteroatoms. The average Bonchev–Trinajstić information content (AvgIpc) is 2.78. The van der Waals surface area contributed by atoms with Gasteiger partial charge in [0.1, 0.15) is 12.1 Å². The molecule has 1 fully saturated rings. The Balaban J connectivity index is 2.41. The summed E-state index contributed by atoms with van der Waals surface area (Å²) >= 11 is 0. The van der Waals surface area contributed by atoms with Gasteiger partial charge in [0.25, 0.3) is 0 Å². The van der Waals surface area contributed by atoms with E-state index in [1.54, 1.807) is 11.0 Å². The standard InChI is InChI=1S/C11H13N5O/c12-6-7-3-4-15-11(9(7)13)16-5-1-2-8(16)10(14)17/h3-4,8H,1-2,5,13H2,(H2,14,17). The van der Waals surface area contributed by atoms with Crippen LogP contribution in [0.15, 0.2) is 12.3 Å². The molecule has 0 aromatic carbocycles. The van der Waals surface area contributed by atoms with E-state index in [1.807, 2.05) is 6.07 Å². The zero-order valence-corrected chi connectivity index (χ0v) is 9.26. The highest BCUT2D eigenvalue weighted by molar-refractivity contribution is 5.85. The van der Waals surface area contributed by atoms with Crippen LogP contribution < -0.4 is 16.4 Å². The Hall–Kier alpha value is -2.29. The number of carbonyl (C=O) groups excluding carboxylic acids is 1. The molecule has 1 aromatic rings. The lowest BCUT2D eigenvalue weighted by molar-refractivity contribution is -0.119. The van der Waals surface area contributed by atoms with Crippen LogP contribution in [0.25, 0.3) is 0 Å². The molecule has 0 radical (unpaired) electrons. The van der Waals surface area contributed by atoms with Gasteiger partial charge in [-0.25, -0.2) is 4.98 Å². The normalized spacial score (nSPS) is 19.0. The Morgan fingerprint density at radius 1 is 1.65 bits per heavy atom. The number of pyridine rings is 1. The fourth-order valence-electron chi connectivity index (χ4n) is 2.10. The monoisotopic (exact) mass is 231 g/mol. The van der Waals surface area contributed by atoms with Gasteiger partial charge in [-0.15, -0.1) is 0 Å². The van der Waals surface area contributed by atoms with Crippen molar-refractivity contribution in [1.82, 2.24) is 4.98 Å². The highest BCUT2D eigenvalue weighted by atomic mass is 16.1. The fraction of sp³-hybridized carbons (Fsp3) is 0.364. The summed E-state index contributed by atoms with van der Waals surface area (Å²) in [4.78, 5) is 17.2. The first kappa shape index (κ1) is 11.2. The summed E-state index contributed by atoms with van der Waals surface area (Å²) in [6.45, 7) is 0.680. The molecule has 1 aliphatic heterocycles. The highest BCUT2D eigenvalue weighted by Crippen LogP contribution is 2.29. The number of rotatable bonds is 2. The lowest BCUT2D eigenvalue weighted by atomic mass is 10.2. The van der Waals surface area contributed by atoms with Gasteiger partial charge in [-0.2, -0.15) is 5.26 Å². The number of nitriles is 1. The molecule has 0 aliphatic carbocycles. The van der Waals surface area contributed by atoms with Crippen LogP contribution >= 0.6 is 0 Å². The minimum absolute atomic E-state index is 0.308. The van der Waals surface area contributed by atoms with Crippen LogP contribution in [-0.4, -0.2) is 23.5 Å². The van der Waals surface area contributed by atoms with E-state index in [0.29, 0.717) is 30.0 Å². The van der Waals surface area contributed by atoms with Crippen molar-refractivity contribution in [3.8, 4) is 6.07 Å². The molecule has 1 aliphatic rings. The van der Waals surface area contributed by atoms with Crippen molar-refractivity contribution in [1.29, 1.82) is 5.26 Å². The summed E-state index contributed by atoms with van der Waals surface area (Å²) in [7, 11) is 0. The Morgan fingerprint density at radius 2 is 2.41 bits per heavy atom. The third-order valence-electron chi connectivity index (χ3n) is 2.94. The van der Waals surface area contributed by atoms with Crippen LogP contribution in [0.1, 0.15) is 18.4 Å². The molecule has 2 rings (SSSR count). The van der Waals surface area contributed by atoms with Crippen LogP contribution in [0, 0.1) is 11.3 Å². The predicted molar refractivity (Wildman–Crippen MR) is 62.9 cm³/mol. The molecule has 88 valence electrons. The summed E-state index contributed by atoms with van der Waals surface area (Å²) in [6, 6.07) is 3.17. The summed E-state index contributed by atoms with van der Waals surface area (Å²) in [5, 5.41) is 8.89. The summed E-state index contributed by atoms with van der Waals surface area (Å²) < 4.78 is 0. The average molecular weight is 231 g/mol. The van der Waals surface area contributed by atoms with E-state index < -0.39 is 0 Å². The summed E-state index contributed by atoms with van der Waals surface area (Å²) in [5.41, 5.74) is 11.9. The number of aromatic nitrogens is 1. The van der Waals surface area contributed by atoms with E-state index in [1.165, 1.54) is 6.20 Å². The molecular weight excluding hydrogens is 218 g/mol. The van der Waals surface area contributed by atoms with E-state index in [2.05, 4.69) is 4.98 Å². The molecule has 1 saturated heterocycles. The minimum Gasteiger partial charge on any atom is -0.395 e. The first-order chi connectivity index (χ1) is 8.15. The minimum atomic E-state index is -0.383. The number of anilines is 2. The van der Waals surface area contributed by atoms with Crippen LogP contribution in [0.2, 0.25) is 0 Å². The van der Waals surface area contributed by atoms with E-state index in [-0.39, 0.29) is 11.9 Å². The fourth-order valence-corrected chi connectivity index (χ4v) is 2.10. The maximum absolute atomic E-state index is 11.3. The van der Waals surface area contributed by atoms with Gasteiger partial charge in [-0.1, -0.05) is 0 Å².